The number of hydrogen-bond acceptors (Lipinski definition) is 3. The summed E-state index contributed by atoms with van der Waals surface area (Å²) in [6.45, 7) is 5.85. The fourth-order valence-corrected chi connectivity index (χ4v) is 3.96. The van der Waals surface area contributed by atoms with E-state index in [-0.39, 0.29) is 11.8 Å². The summed E-state index contributed by atoms with van der Waals surface area (Å²) >= 11 is 0. The van der Waals surface area contributed by atoms with Crippen LogP contribution in [0.2, 0.25) is 0 Å². The normalized spacial score (nSPS) is 15.7. The molecule has 0 bridgehead atoms. The molecule has 1 saturated heterocycles. The van der Waals surface area contributed by atoms with Gasteiger partial charge in [-0.1, -0.05) is 30.3 Å². The van der Waals surface area contributed by atoms with Crippen LogP contribution in [0.4, 0.5) is 0 Å². The maximum atomic E-state index is 13.1. The molecule has 6 nitrogen and oxygen atoms in total. The molecule has 2 N–H and O–H groups in total. The van der Waals surface area contributed by atoms with Crippen molar-refractivity contribution in [1.29, 1.82) is 0 Å². The Balaban J connectivity index is 1.50. The van der Waals surface area contributed by atoms with Crippen LogP contribution in [0.15, 0.2) is 42.5 Å². The summed E-state index contributed by atoms with van der Waals surface area (Å²) in [5.74, 6) is 0.0740. The number of amides is 2. The molecule has 2 aromatic carbocycles. The lowest BCUT2D eigenvalue weighted by atomic mass is 10.1. The molecule has 0 spiro atoms. The van der Waals surface area contributed by atoms with Crippen molar-refractivity contribution in [1.82, 2.24) is 20.1 Å². The lowest BCUT2D eigenvalue weighted by Gasteiger charge is -2.21. The summed E-state index contributed by atoms with van der Waals surface area (Å²) in [6, 6.07) is 14.3. The largest absolute Gasteiger partial charge is 0.355 e. The van der Waals surface area contributed by atoms with Crippen LogP contribution >= 0.6 is 0 Å². The number of benzene rings is 2. The SMILES string of the molecule is CCNC(=O)CN1CCCN(C(=O)c2cc3c(ccc4ccccc43)[nH]2)CC1. The fourth-order valence-electron chi connectivity index (χ4n) is 3.96. The number of fused-ring (bicyclic) bond motifs is 3. The lowest BCUT2D eigenvalue weighted by Crippen LogP contribution is -2.40. The van der Waals surface area contributed by atoms with Crippen molar-refractivity contribution in [3.05, 3.63) is 48.2 Å². The number of aromatic amines is 1. The molecule has 0 radical (unpaired) electrons. The van der Waals surface area contributed by atoms with Gasteiger partial charge in [-0.3, -0.25) is 14.5 Å². The Labute approximate surface area is 164 Å². The van der Waals surface area contributed by atoms with Gasteiger partial charge in [0.1, 0.15) is 5.69 Å². The molecular formula is C22H26N4O2. The maximum absolute atomic E-state index is 13.1. The second kappa shape index (κ2) is 8.02. The molecule has 3 aromatic rings. The van der Waals surface area contributed by atoms with Gasteiger partial charge in [-0.25, -0.2) is 0 Å². The van der Waals surface area contributed by atoms with Gasteiger partial charge in [-0.15, -0.1) is 0 Å². The van der Waals surface area contributed by atoms with Crippen LogP contribution in [-0.2, 0) is 4.79 Å². The highest BCUT2D eigenvalue weighted by molar-refractivity contribution is 6.09. The van der Waals surface area contributed by atoms with Crippen molar-refractivity contribution in [3.8, 4) is 0 Å². The van der Waals surface area contributed by atoms with Crippen LogP contribution in [0.1, 0.15) is 23.8 Å². The third kappa shape index (κ3) is 3.73. The smallest absolute Gasteiger partial charge is 0.270 e. The zero-order valence-corrected chi connectivity index (χ0v) is 16.2. The summed E-state index contributed by atoms with van der Waals surface area (Å²) in [5.41, 5.74) is 1.61. The van der Waals surface area contributed by atoms with Crippen molar-refractivity contribution in [2.24, 2.45) is 0 Å². The van der Waals surface area contributed by atoms with E-state index < -0.39 is 0 Å². The van der Waals surface area contributed by atoms with Crippen molar-refractivity contribution in [3.63, 3.8) is 0 Å². The molecule has 2 heterocycles. The summed E-state index contributed by atoms with van der Waals surface area (Å²) < 4.78 is 0. The van der Waals surface area contributed by atoms with E-state index in [2.05, 4.69) is 33.4 Å². The van der Waals surface area contributed by atoms with Gasteiger partial charge in [0.15, 0.2) is 0 Å². The van der Waals surface area contributed by atoms with E-state index in [1.807, 2.05) is 36.1 Å². The molecule has 28 heavy (non-hydrogen) atoms. The van der Waals surface area contributed by atoms with E-state index in [0.29, 0.717) is 38.4 Å². The van der Waals surface area contributed by atoms with Crippen LogP contribution in [0.25, 0.3) is 21.7 Å². The second-order valence-electron chi connectivity index (χ2n) is 7.31. The van der Waals surface area contributed by atoms with E-state index in [9.17, 15) is 9.59 Å². The fraction of sp³-hybridized carbons (Fsp3) is 0.364. The highest BCUT2D eigenvalue weighted by atomic mass is 16.2. The molecule has 2 amide bonds. The number of H-pyrrole nitrogens is 1. The van der Waals surface area contributed by atoms with Gasteiger partial charge in [-0.05, 0) is 36.2 Å². The Bertz CT molecular complexity index is 1010. The minimum absolute atomic E-state index is 0.0279. The Kier molecular flexibility index (Phi) is 5.30. The Hall–Kier alpha value is -2.86. The number of carbonyl (C=O) groups is 2. The van der Waals surface area contributed by atoms with Gasteiger partial charge >= 0.3 is 0 Å². The van der Waals surface area contributed by atoms with Gasteiger partial charge < -0.3 is 15.2 Å². The van der Waals surface area contributed by atoms with Crippen LogP contribution in [-0.4, -0.2) is 65.9 Å². The summed E-state index contributed by atoms with van der Waals surface area (Å²) in [6.07, 6.45) is 0.869. The molecule has 1 fully saturated rings. The topological polar surface area (TPSA) is 68.4 Å². The van der Waals surface area contributed by atoms with E-state index in [0.717, 1.165) is 29.3 Å². The molecule has 146 valence electrons. The Morgan fingerprint density at radius 2 is 1.89 bits per heavy atom. The first-order valence-electron chi connectivity index (χ1n) is 9.94. The third-order valence-electron chi connectivity index (χ3n) is 5.38. The van der Waals surface area contributed by atoms with E-state index in [1.165, 1.54) is 5.39 Å². The molecule has 1 aliphatic heterocycles. The molecule has 0 atom stereocenters. The minimum atomic E-state index is 0.0279. The predicted molar refractivity (Wildman–Crippen MR) is 111 cm³/mol. The Morgan fingerprint density at radius 3 is 2.75 bits per heavy atom. The second-order valence-corrected chi connectivity index (χ2v) is 7.31. The summed E-state index contributed by atoms with van der Waals surface area (Å²) in [4.78, 5) is 32.2. The predicted octanol–water partition coefficient (Wildman–Crippen LogP) is 2.61. The van der Waals surface area contributed by atoms with Gasteiger partial charge in [-0.2, -0.15) is 0 Å². The van der Waals surface area contributed by atoms with E-state index >= 15 is 0 Å². The van der Waals surface area contributed by atoms with E-state index in [1.54, 1.807) is 0 Å². The van der Waals surface area contributed by atoms with Crippen LogP contribution in [0, 0.1) is 0 Å². The van der Waals surface area contributed by atoms with Crippen molar-refractivity contribution in [2.75, 3.05) is 39.3 Å². The maximum Gasteiger partial charge on any atom is 0.270 e. The molecular weight excluding hydrogens is 352 g/mol. The standard InChI is InChI=1S/C22H26N4O2/c1-2-23-21(27)15-25-10-5-11-26(13-12-25)22(28)20-14-18-17-7-4-3-6-16(17)8-9-19(18)24-20/h3-4,6-9,14,24H,2,5,10-13,15H2,1H3,(H,23,27). The number of hydrogen-bond donors (Lipinski definition) is 2. The van der Waals surface area contributed by atoms with Crippen LogP contribution in [0.5, 0.6) is 0 Å². The van der Waals surface area contributed by atoms with Crippen molar-refractivity contribution >= 4 is 33.5 Å². The first-order valence-corrected chi connectivity index (χ1v) is 9.94. The van der Waals surface area contributed by atoms with Crippen LogP contribution in [0.3, 0.4) is 0 Å². The highest BCUT2D eigenvalue weighted by Crippen LogP contribution is 2.26. The van der Waals surface area contributed by atoms with Crippen molar-refractivity contribution < 1.29 is 9.59 Å². The molecule has 6 heteroatoms. The van der Waals surface area contributed by atoms with Gasteiger partial charge in [0, 0.05) is 43.6 Å². The number of nitrogens with zero attached hydrogens (tertiary/aromatic N) is 2. The van der Waals surface area contributed by atoms with Crippen LogP contribution < -0.4 is 5.32 Å². The summed E-state index contributed by atoms with van der Waals surface area (Å²) in [7, 11) is 0. The number of aromatic nitrogens is 1. The molecule has 0 unspecified atom stereocenters. The highest BCUT2D eigenvalue weighted by Gasteiger charge is 2.22. The van der Waals surface area contributed by atoms with Gasteiger partial charge in [0.2, 0.25) is 5.91 Å². The zero-order valence-electron chi connectivity index (χ0n) is 16.2. The average molecular weight is 378 g/mol. The molecule has 1 aromatic heterocycles. The minimum Gasteiger partial charge on any atom is -0.355 e. The molecule has 0 aliphatic carbocycles. The van der Waals surface area contributed by atoms with Crippen molar-refractivity contribution in [2.45, 2.75) is 13.3 Å². The number of nitrogens with one attached hydrogen (secondary N) is 2. The van der Waals surface area contributed by atoms with Gasteiger partial charge in [0.25, 0.3) is 5.91 Å². The number of carbonyl (C=O) groups excluding carboxylic acids is 2. The number of likely N-dealkylation sites (N-methyl/N-ethyl adjacent to an activating group) is 1. The molecule has 0 saturated carbocycles. The molecule has 4 rings (SSSR count). The zero-order chi connectivity index (χ0) is 19.5. The monoisotopic (exact) mass is 378 g/mol. The van der Waals surface area contributed by atoms with E-state index in [4.69, 9.17) is 0 Å². The lowest BCUT2D eigenvalue weighted by molar-refractivity contribution is -0.122. The first kappa shape index (κ1) is 18.5. The third-order valence-corrected chi connectivity index (χ3v) is 5.38. The van der Waals surface area contributed by atoms with Gasteiger partial charge in [0.05, 0.1) is 6.54 Å². The quantitative estimate of drug-likeness (QED) is 0.733. The first-order chi connectivity index (χ1) is 13.7. The Morgan fingerprint density at radius 1 is 1.04 bits per heavy atom. The number of rotatable bonds is 4. The average Bonchev–Trinajstić information content (AvgIpc) is 3.02. The summed E-state index contributed by atoms with van der Waals surface area (Å²) in [5, 5.41) is 6.24. The molecule has 1 aliphatic rings.